The molecule has 1 aromatic rings. The normalized spacial score (nSPS) is 20.4. The minimum atomic E-state index is -0.246. The predicted molar refractivity (Wildman–Crippen MR) is 94.1 cm³/mol. The first kappa shape index (κ1) is 17.6. The highest BCUT2D eigenvalue weighted by atomic mass is 16.5. The fourth-order valence-electron chi connectivity index (χ4n) is 2.66. The van der Waals surface area contributed by atoms with Crippen LogP contribution in [0.1, 0.15) is 45.7 Å². The lowest BCUT2D eigenvalue weighted by Crippen LogP contribution is -2.48. The molecule has 1 unspecified atom stereocenters. The predicted octanol–water partition coefficient (Wildman–Crippen LogP) is 2.88. The second-order valence-corrected chi connectivity index (χ2v) is 7.19. The largest absolute Gasteiger partial charge is 0.487 e. The zero-order valence-electron chi connectivity index (χ0n) is 15.1. The van der Waals surface area contributed by atoms with Crippen molar-refractivity contribution in [2.45, 2.75) is 51.4 Å². The number of rotatable bonds is 4. The maximum atomic E-state index is 6.08. The Morgan fingerprint density at radius 3 is 2.74 bits per heavy atom. The van der Waals surface area contributed by atoms with E-state index in [1.165, 1.54) is 5.56 Å². The van der Waals surface area contributed by atoms with Crippen molar-refractivity contribution in [1.29, 1.82) is 0 Å². The van der Waals surface area contributed by atoms with Crippen LogP contribution < -0.4 is 15.4 Å². The lowest BCUT2D eigenvalue weighted by Gasteiger charge is -2.38. The molecule has 5 nitrogen and oxygen atoms in total. The molecule has 1 aromatic carbocycles. The van der Waals surface area contributed by atoms with Crippen LogP contribution in [0, 0.1) is 0 Å². The Bertz CT molecular complexity index is 567. The molecule has 1 atom stereocenters. The van der Waals surface area contributed by atoms with Gasteiger partial charge >= 0.3 is 0 Å². The molecule has 1 aliphatic rings. The molecule has 0 saturated heterocycles. The molecule has 23 heavy (non-hydrogen) atoms. The Morgan fingerprint density at radius 1 is 1.39 bits per heavy atom. The van der Waals surface area contributed by atoms with Crippen LogP contribution >= 0.6 is 0 Å². The van der Waals surface area contributed by atoms with E-state index in [1.54, 1.807) is 14.2 Å². The molecule has 0 aliphatic carbocycles. The number of aliphatic imine (C=N–C) groups is 1. The molecule has 0 fully saturated rings. The number of hydrogen-bond donors (Lipinski definition) is 2. The Kier molecular flexibility index (Phi) is 5.19. The summed E-state index contributed by atoms with van der Waals surface area (Å²) in [7, 11) is 3.50. The number of methoxy groups -OCH3 is 1. The van der Waals surface area contributed by atoms with Crippen LogP contribution in [0.3, 0.4) is 0 Å². The standard InChI is InChI=1S/C18H29N3O2/c1-17(2)11-14(13-9-7-8-10-15(13)23-17)21-16(19-5)20-12-18(3,4)22-6/h7-10,14H,11-12H2,1-6H3,(H2,19,20,21). The van der Waals surface area contributed by atoms with Crippen molar-refractivity contribution in [3.8, 4) is 5.75 Å². The molecule has 1 heterocycles. The summed E-state index contributed by atoms with van der Waals surface area (Å²) in [5.41, 5.74) is 0.710. The fourth-order valence-corrected chi connectivity index (χ4v) is 2.66. The molecule has 0 bridgehead atoms. The second-order valence-electron chi connectivity index (χ2n) is 7.19. The van der Waals surface area contributed by atoms with Gasteiger partial charge < -0.3 is 20.1 Å². The minimum absolute atomic E-state index is 0.159. The molecule has 2 rings (SSSR count). The zero-order valence-corrected chi connectivity index (χ0v) is 15.1. The summed E-state index contributed by atoms with van der Waals surface area (Å²) in [5, 5.41) is 6.86. The molecule has 0 aromatic heterocycles. The topological polar surface area (TPSA) is 54.9 Å². The number of fused-ring (bicyclic) bond motifs is 1. The van der Waals surface area contributed by atoms with Crippen LogP contribution in [0.2, 0.25) is 0 Å². The summed E-state index contributed by atoms with van der Waals surface area (Å²) in [6.07, 6.45) is 0.873. The molecule has 1 aliphatic heterocycles. The maximum absolute atomic E-state index is 6.08. The molecule has 0 amide bonds. The van der Waals surface area contributed by atoms with Crippen LogP contribution in [0.15, 0.2) is 29.3 Å². The number of guanidine groups is 1. The summed E-state index contributed by atoms with van der Waals surface area (Å²) in [6.45, 7) is 8.99. The van der Waals surface area contributed by atoms with Gasteiger partial charge in [0.1, 0.15) is 11.4 Å². The Morgan fingerprint density at radius 2 is 2.09 bits per heavy atom. The van der Waals surface area contributed by atoms with Crippen molar-refractivity contribution < 1.29 is 9.47 Å². The van der Waals surface area contributed by atoms with Crippen LogP contribution in [0.25, 0.3) is 0 Å². The summed E-state index contributed by atoms with van der Waals surface area (Å²) in [5.74, 6) is 1.71. The fraction of sp³-hybridized carbons (Fsp3) is 0.611. The van der Waals surface area contributed by atoms with Crippen LogP contribution in [0.4, 0.5) is 0 Å². The highest BCUT2D eigenvalue weighted by Crippen LogP contribution is 2.39. The number of nitrogens with one attached hydrogen (secondary N) is 2. The number of benzene rings is 1. The van der Waals surface area contributed by atoms with E-state index in [0.717, 1.165) is 18.1 Å². The highest BCUT2D eigenvalue weighted by Gasteiger charge is 2.34. The molecule has 128 valence electrons. The SMILES string of the molecule is CN=C(NCC(C)(C)OC)NC1CC(C)(C)Oc2ccccc21. The number of para-hydroxylation sites is 1. The Labute approximate surface area is 139 Å². The number of nitrogens with zero attached hydrogens (tertiary/aromatic N) is 1. The van der Waals surface area contributed by atoms with E-state index in [4.69, 9.17) is 9.47 Å². The van der Waals surface area contributed by atoms with Gasteiger partial charge in [-0.3, -0.25) is 4.99 Å². The van der Waals surface area contributed by atoms with Gasteiger partial charge in [0, 0.05) is 32.7 Å². The lowest BCUT2D eigenvalue weighted by molar-refractivity contribution is 0.0266. The van der Waals surface area contributed by atoms with E-state index in [1.807, 2.05) is 32.0 Å². The van der Waals surface area contributed by atoms with Crippen molar-refractivity contribution in [2.75, 3.05) is 20.7 Å². The van der Waals surface area contributed by atoms with E-state index in [-0.39, 0.29) is 17.2 Å². The molecule has 2 N–H and O–H groups in total. The van der Waals surface area contributed by atoms with E-state index >= 15 is 0 Å². The average Bonchev–Trinajstić information content (AvgIpc) is 2.50. The quantitative estimate of drug-likeness (QED) is 0.662. The van der Waals surface area contributed by atoms with E-state index in [0.29, 0.717) is 6.54 Å². The Hall–Kier alpha value is -1.75. The Balaban J connectivity index is 2.11. The van der Waals surface area contributed by atoms with E-state index < -0.39 is 0 Å². The lowest BCUT2D eigenvalue weighted by atomic mass is 9.90. The van der Waals surface area contributed by atoms with Crippen molar-refractivity contribution in [3.63, 3.8) is 0 Å². The third-order valence-electron chi connectivity index (χ3n) is 4.15. The summed E-state index contributed by atoms with van der Waals surface area (Å²) in [6, 6.07) is 8.33. The molecular weight excluding hydrogens is 290 g/mol. The van der Waals surface area contributed by atoms with Crippen LogP contribution in [-0.4, -0.2) is 37.9 Å². The molecule has 5 heteroatoms. The van der Waals surface area contributed by atoms with Crippen molar-refractivity contribution in [2.24, 2.45) is 4.99 Å². The minimum Gasteiger partial charge on any atom is -0.487 e. The molecule has 0 saturated carbocycles. The first-order chi connectivity index (χ1) is 10.8. The van der Waals surface area contributed by atoms with Gasteiger partial charge in [-0.25, -0.2) is 0 Å². The van der Waals surface area contributed by atoms with Crippen molar-refractivity contribution >= 4 is 5.96 Å². The molecule has 0 spiro atoms. The monoisotopic (exact) mass is 319 g/mol. The number of ether oxygens (including phenoxy) is 2. The van der Waals surface area contributed by atoms with Crippen molar-refractivity contribution in [3.05, 3.63) is 29.8 Å². The van der Waals surface area contributed by atoms with E-state index in [2.05, 4.69) is 35.5 Å². The average molecular weight is 319 g/mol. The van der Waals surface area contributed by atoms with Gasteiger partial charge in [0.15, 0.2) is 5.96 Å². The van der Waals surface area contributed by atoms with Crippen molar-refractivity contribution in [1.82, 2.24) is 10.6 Å². The second kappa shape index (κ2) is 6.79. The van der Waals surface area contributed by atoms with Gasteiger partial charge in [-0.05, 0) is 33.8 Å². The summed E-state index contributed by atoms with van der Waals surface area (Å²) < 4.78 is 11.5. The van der Waals surface area contributed by atoms with Crippen LogP contribution in [0.5, 0.6) is 5.75 Å². The number of hydrogen-bond acceptors (Lipinski definition) is 3. The summed E-state index contributed by atoms with van der Waals surface area (Å²) in [4.78, 5) is 4.34. The third-order valence-corrected chi connectivity index (χ3v) is 4.15. The molecule has 0 radical (unpaired) electrons. The maximum Gasteiger partial charge on any atom is 0.191 e. The molecular formula is C18H29N3O2. The van der Waals surface area contributed by atoms with Crippen LogP contribution in [-0.2, 0) is 4.74 Å². The van der Waals surface area contributed by atoms with Gasteiger partial charge in [-0.15, -0.1) is 0 Å². The van der Waals surface area contributed by atoms with E-state index in [9.17, 15) is 0 Å². The smallest absolute Gasteiger partial charge is 0.191 e. The van der Waals surface area contributed by atoms with Gasteiger partial charge in [0.05, 0.1) is 11.6 Å². The van der Waals surface area contributed by atoms with Gasteiger partial charge in [-0.1, -0.05) is 18.2 Å². The first-order valence-corrected chi connectivity index (χ1v) is 8.07. The van der Waals surface area contributed by atoms with Gasteiger partial charge in [-0.2, -0.15) is 0 Å². The van der Waals surface area contributed by atoms with Gasteiger partial charge in [0.25, 0.3) is 0 Å². The zero-order chi connectivity index (χ0) is 17.1. The third kappa shape index (κ3) is 4.61. The van der Waals surface area contributed by atoms with Gasteiger partial charge in [0.2, 0.25) is 0 Å². The highest BCUT2D eigenvalue weighted by molar-refractivity contribution is 5.80. The first-order valence-electron chi connectivity index (χ1n) is 8.07. The summed E-state index contributed by atoms with van der Waals surface area (Å²) >= 11 is 0.